The molecule has 0 radical (unpaired) electrons. The van der Waals surface area contributed by atoms with Gasteiger partial charge in [0.2, 0.25) is 0 Å². The van der Waals surface area contributed by atoms with E-state index in [9.17, 15) is 9.59 Å². The van der Waals surface area contributed by atoms with Crippen LogP contribution >= 0.6 is 0 Å². The predicted octanol–water partition coefficient (Wildman–Crippen LogP) is 2.07. The maximum absolute atomic E-state index is 11.8. The lowest BCUT2D eigenvalue weighted by Gasteiger charge is -2.05. The number of carbonyl (C=O) groups excluding carboxylic acids is 2. The maximum atomic E-state index is 11.8. The molecular weight excluding hydrogens is 244 g/mol. The van der Waals surface area contributed by atoms with Crippen LogP contribution in [-0.2, 0) is 20.7 Å². The van der Waals surface area contributed by atoms with E-state index in [-0.39, 0.29) is 18.2 Å². The van der Waals surface area contributed by atoms with Gasteiger partial charge in [-0.05, 0) is 29.3 Å². The summed E-state index contributed by atoms with van der Waals surface area (Å²) in [6, 6.07) is 7.58. The van der Waals surface area contributed by atoms with E-state index in [4.69, 9.17) is 9.47 Å². The summed E-state index contributed by atoms with van der Waals surface area (Å²) in [5, 5.41) is 0. The first kappa shape index (κ1) is 13.3. The number of carbonyl (C=O) groups is 2. The molecule has 0 spiro atoms. The van der Waals surface area contributed by atoms with Crippen molar-refractivity contribution in [1.29, 1.82) is 0 Å². The van der Waals surface area contributed by atoms with Crippen LogP contribution in [0.4, 0.5) is 0 Å². The third-order valence-corrected chi connectivity index (χ3v) is 2.98. The molecule has 1 atom stereocenters. The molecule has 0 saturated heterocycles. The number of hydrogen-bond acceptors (Lipinski definition) is 4. The highest BCUT2D eigenvalue weighted by Gasteiger charge is 2.25. The van der Waals surface area contributed by atoms with Gasteiger partial charge in [-0.15, -0.1) is 0 Å². The highest BCUT2D eigenvalue weighted by atomic mass is 16.5. The van der Waals surface area contributed by atoms with Crippen LogP contribution in [0.1, 0.15) is 18.9 Å². The normalized spacial score (nSPS) is 18.1. The first-order valence-electron chi connectivity index (χ1n) is 6.12. The van der Waals surface area contributed by atoms with Gasteiger partial charge in [-0.25, -0.2) is 0 Å². The van der Waals surface area contributed by atoms with Crippen molar-refractivity contribution in [2.45, 2.75) is 25.9 Å². The molecule has 0 N–H and O–H groups in total. The molecular formula is C15H16O4. The highest BCUT2D eigenvalue weighted by molar-refractivity contribution is 5.99. The van der Waals surface area contributed by atoms with Gasteiger partial charge in [0.05, 0.1) is 13.5 Å². The highest BCUT2D eigenvalue weighted by Crippen LogP contribution is 2.23. The van der Waals surface area contributed by atoms with E-state index >= 15 is 0 Å². The van der Waals surface area contributed by atoms with Crippen LogP contribution in [0.15, 0.2) is 35.9 Å². The lowest BCUT2D eigenvalue weighted by molar-refractivity contribution is -0.144. The minimum atomic E-state index is -0.411. The zero-order valence-electron chi connectivity index (χ0n) is 11.0. The fourth-order valence-corrected chi connectivity index (χ4v) is 2.14. The van der Waals surface area contributed by atoms with Gasteiger partial charge in [-0.3, -0.25) is 9.59 Å². The van der Waals surface area contributed by atoms with Gasteiger partial charge in [0.1, 0.15) is 11.9 Å². The largest absolute Gasteiger partial charge is 0.497 e. The Morgan fingerprint density at radius 1 is 1.42 bits per heavy atom. The summed E-state index contributed by atoms with van der Waals surface area (Å²) in [7, 11) is 1.61. The number of methoxy groups -OCH3 is 1. The SMILES string of the molecule is COc1cccc(CC2=CC(OC(C)=O)CC2=O)c1. The molecule has 4 nitrogen and oxygen atoms in total. The molecule has 1 aliphatic carbocycles. The lowest BCUT2D eigenvalue weighted by Crippen LogP contribution is -2.12. The Balaban J connectivity index is 2.09. The number of Topliss-reactive ketones (excluding diaryl/α,β-unsaturated/α-hetero) is 1. The standard InChI is InChI=1S/C15H16O4/c1-10(16)19-14-8-12(15(17)9-14)6-11-4-3-5-13(7-11)18-2/h3-5,7-8,14H,6,9H2,1-2H3. The zero-order valence-corrected chi connectivity index (χ0v) is 11.0. The minimum absolute atomic E-state index is 0.0362. The summed E-state index contributed by atoms with van der Waals surface area (Å²) >= 11 is 0. The van der Waals surface area contributed by atoms with E-state index in [2.05, 4.69) is 0 Å². The second kappa shape index (κ2) is 5.69. The van der Waals surface area contributed by atoms with Gasteiger partial charge >= 0.3 is 5.97 Å². The molecule has 19 heavy (non-hydrogen) atoms. The van der Waals surface area contributed by atoms with Crippen LogP contribution in [0.25, 0.3) is 0 Å². The monoisotopic (exact) mass is 260 g/mol. The van der Waals surface area contributed by atoms with Crippen LogP contribution < -0.4 is 4.74 Å². The van der Waals surface area contributed by atoms with E-state index in [1.165, 1.54) is 6.92 Å². The van der Waals surface area contributed by atoms with Crippen molar-refractivity contribution in [3.05, 3.63) is 41.5 Å². The van der Waals surface area contributed by atoms with Gasteiger partial charge in [0.25, 0.3) is 0 Å². The van der Waals surface area contributed by atoms with Crippen molar-refractivity contribution < 1.29 is 19.1 Å². The smallest absolute Gasteiger partial charge is 0.303 e. The van der Waals surface area contributed by atoms with Crippen LogP contribution in [-0.4, -0.2) is 25.0 Å². The topological polar surface area (TPSA) is 52.6 Å². The van der Waals surface area contributed by atoms with Gasteiger partial charge in [0.15, 0.2) is 5.78 Å². The maximum Gasteiger partial charge on any atom is 0.303 e. The Hall–Kier alpha value is -2.10. The molecule has 0 fully saturated rings. The van der Waals surface area contributed by atoms with E-state index in [0.29, 0.717) is 12.0 Å². The summed E-state index contributed by atoms with van der Waals surface area (Å²) in [6.07, 6.45) is 2.11. The van der Waals surface area contributed by atoms with Crippen molar-refractivity contribution >= 4 is 11.8 Å². The molecule has 2 rings (SSSR count). The molecule has 1 aromatic rings. The quantitative estimate of drug-likeness (QED) is 0.778. The number of rotatable bonds is 4. The Bertz CT molecular complexity index is 531. The van der Waals surface area contributed by atoms with E-state index in [0.717, 1.165) is 11.3 Å². The van der Waals surface area contributed by atoms with Gasteiger partial charge < -0.3 is 9.47 Å². The lowest BCUT2D eigenvalue weighted by atomic mass is 10.0. The van der Waals surface area contributed by atoms with Crippen molar-refractivity contribution in [2.75, 3.05) is 7.11 Å². The van der Waals surface area contributed by atoms with E-state index < -0.39 is 6.10 Å². The molecule has 100 valence electrons. The first-order chi connectivity index (χ1) is 9.08. The van der Waals surface area contributed by atoms with E-state index in [1.807, 2.05) is 24.3 Å². The predicted molar refractivity (Wildman–Crippen MR) is 70.0 cm³/mol. The summed E-state index contributed by atoms with van der Waals surface area (Å²) in [5.74, 6) is 0.436. The molecule has 1 aliphatic rings. The summed E-state index contributed by atoms with van der Waals surface area (Å²) in [6.45, 7) is 1.35. The Kier molecular flexibility index (Phi) is 4.00. The zero-order chi connectivity index (χ0) is 13.8. The Morgan fingerprint density at radius 3 is 2.89 bits per heavy atom. The Morgan fingerprint density at radius 2 is 2.21 bits per heavy atom. The second-order valence-electron chi connectivity index (χ2n) is 4.50. The van der Waals surface area contributed by atoms with Crippen molar-refractivity contribution in [2.24, 2.45) is 0 Å². The van der Waals surface area contributed by atoms with Gasteiger partial charge in [-0.2, -0.15) is 0 Å². The van der Waals surface area contributed by atoms with Crippen LogP contribution in [0.5, 0.6) is 5.75 Å². The third kappa shape index (κ3) is 3.44. The number of ketones is 1. The summed E-state index contributed by atoms with van der Waals surface area (Å²) < 4.78 is 10.2. The average Bonchev–Trinajstić information content (AvgIpc) is 2.69. The Labute approximate surface area is 112 Å². The van der Waals surface area contributed by atoms with Crippen molar-refractivity contribution in [3.8, 4) is 5.75 Å². The van der Waals surface area contributed by atoms with Crippen LogP contribution in [0.3, 0.4) is 0 Å². The van der Waals surface area contributed by atoms with Gasteiger partial charge in [0, 0.05) is 13.3 Å². The van der Waals surface area contributed by atoms with Crippen LogP contribution in [0, 0.1) is 0 Å². The van der Waals surface area contributed by atoms with Crippen LogP contribution in [0.2, 0.25) is 0 Å². The summed E-state index contributed by atoms with van der Waals surface area (Å²) in [4.78, 5) is 22.7. The molecule has 0 bridgehead atoms. The molecule has 4 heteroatoms. The molecule has 0 saturated carbocycles. The molecule has 0 aromatic heterocycles. The summed E-state index contributed by atoms with van der Waals surface area (Å²) in [5.41, 5.74) is 1.70. The molecule has 1 unspecified atom stereocenters. The van der Waals surface area contributed by atoms with Crippen molar-refractivity contribution in [3.63, 3.8) is 0 Å². The molecule has 1 aromatic carbocycles. The average molecular weight is 260 g/mol. The van der Waals surface area contributed by atoms with Crippen molar-refractivity contribution in [1.82, 2.24) is 0 Å². The first-order valence-corrected chi connectivity index (χ1v) is 6.12. The van der Waals surface area contributed by atoms with E-state index in [1.54, 1.807) is 13.2 Å². The second-order valence-corrected chi connectivity index (χ2v) is 4.50. The minimum Gasteiger partial charge on any atom is -0.497 e. The number of ether oxygens (including phenoxy) is 2. The van der Waals surface area contributed by atoms with Gasteiger partial charge in [-0.1, -0.05) is 12.1 Å². The number of allylic oxidation sites excluding steroid dienone is 1. The number of benzene rings is 1. The third-order valence-electron chi connectivity index (χ3n) is 2.98. The molecule has 0 amide bonds. The number of hydrogen-bond donors (Lipinski definition) is 0. The fraction of sp³-hybridized carbons (Fsp3) is 0.333. The molecule has 0 aliphatic heterocycles. The molecule has 0 heterocycles. The fourth-order valence-electron chi connectivity index (χ4n) is 2.14. The number of esters is 1.